The fourth-order valence-corrected chi connectivity index (χ4v) is 5.23. The van der Waals surface area contributed by atoms with Gasteiger partial charge >= 0.3 is 17.7 Å². The summed E-state index contributed by atoms with van der Waals surface area (Å²) < 4.78 is 25.7. The molecular formula is C23H25N5O6S. The molecule has 0 saturated heterocycles. The van der Waals surface area contributed by atoms with Crippen LogP contribution in [0.15, 0.2) is 52.2 Å². The Morgan fingerprint density at radius 2 is 1.74 bits per heavy atom. The first kappa shape index (κ1) is 24.3. The van der Waals surface area contributed by atoms with Crippen LogP contribution in [0.2, 0.25) is 0 Å². The molecule has 0 atom stereocenters. The molecule has 0 spiro atoms. The molecule has 1 amide bonds. The number of rotatable bonds is 5. The molecule has 3 aromatic rings. The Morgan fingerprint density at radius 1 is 1.06 bits per heavy atom. The van der Waals surface area contributed by atoms with Gasteiger partial charge in [0.2, 0.25) is 0 Å². The van der Waals surface area contributed by atoms with Gasteiger partial charge in [0.05, 0.1) is 16.1 Å². The maximum atomic E-state index is 13.7. The summed E-state index contributed by atoms with van der Waals surface area (Å²) in [5.41, 5.74) is -0.0286. The van der Waals surface area contributed by atoms with Crippen LogP contribution in [0, 0.1) is 6.92 Å². The number of anilines is 1. The minimum absolute atomic E-state index is 0.0215. The molecule has 184 valence electrons. The first-order chi connectivity index (χ1) is 16.6. The van der Waals surface area contributed by atoms with E-state index in [0.29, 0.717) is 28.8 Å². The van der Waals surface area contributed by atoms with E-state index in [1.54, 1.807) is 25.1 Å². The van der Waals surface area contributed by atoms with Crippen LogP contribution in [0.3, 0.4) is 0 Å². The number of para-hydroxylation sites is 1. The van der Waals surface area contributed by atoms with Crippen LogP contribution in [-0.4, -0.2) is 57.6 Å². The first-order valence-corrected chi connectivity index (χ1v) is 13.0. The Bertz CT molecular complexity index is 1450. The smallest absolute Gasteiger partial charge is 0.377 e. The Morgan fingerprint density at radius 3 is 2.40 bits per heavy atom. The predicted molar refractivity (Wildman–Crippen MR) is 127 cm³/mol. The number of carbonyl (C=O) groups excluding carboxylic acids is 1. The molecular weight excluding hydrogens is 474 g/mol. The normalized spacial score (nSPS) is 14.6. The van der Waals surface area contributed by atoms with E-state index < -0.39 is 27.5 Å². The number of nitrogens with zero attached hydrogens (tertiary/aromatic N) is 5. The second-order valence-electron chi connectivity index (χ2n) is 8.57. The number of carboxylic acid groups (broad SMARTS) is 1. The molecule has 0 bridgehead atoms. The fraction of sp³-hybridized carbons (Fsp3) is 0.348. The van der Waals surface area contributed by atoms with Gasteiger partial charge in [0, 0.05) is 18.0 Å². The monoisotopic (exact) mass is 499 g/mol. The molecule has 1 N–H and O–H groups in total. The van der Waals surface area contributed by atoms with E-state index in [-0.39, 0.29) is 22.2 Å². The summed E-state index contributed by atoms with van der Waals surface area (Å²) in [4.78, 5) is 39.8. The van der Waals surface area contributed by atoms with Gasteiger partial charge in [-0.25, -0.2) is 22.8 Å². The van der Waals surface area contributed by atoms with E-state index in [9.17, 15) is 27.9 Å². The first-order valence-electron chi connectivity index (χ1n) is 11.1. The molecule has 11 nitrogen and oxygen atoms in total. The molecule has 0 unspecified atom stereocenters. The largest absolute Gasteiger partial charge is 0.478 e. The van der Waals surface area contributed by atoms with Crippen molar-refractivity contribution in [1.29, 1.82) is 0 Å². The second kappa shape index (κ2) is 9.45. The third kappa shape index (κ3) is 4.74. The third-order valence-electron chi connectivity index (χ3n) is 6.13. The van der Waals surface area contributed by atoms with Crippen LogP contribution in [0.4, 0.5) is 10.5 Å². The summed E-state index contributed by atoms with van der Waals surface area (Å²) in [5, 5.41) is 17.1. The van der Waals surface area contributed by atoms with Gasteiger partial charge in [0.15, 0.2) is 9.84 Å². The Balaban J connectivity index is 1.82. The summed E-state index contributed by atoms with van der Waals surface area (Å²) in [6.07, 6.45) is 5.16. The number of aromatic carboxylic acids is 1. The maximum Gasteiger partial charge on any atom is 0.377 e. The van der Waals surface area contributed by atoms with Crippen molar-refractivity contribution in [3.8, 4) is 5.69 Å². The summed E-state index contributed by atoms with van der Waals surface area (Å²) in [6.45, 7) is 1.66. The van der Waals surface area contributed by atoms with Crippen LogP contribution in [0.25, 0.3) is 5.69 Å². The van der Waals surface area contributed by atoms with Crippen LogP contribution in [0.1, 0.15) is 48.0 Å². The number of carboxylic acids is 1. The van der Waals surface area contributed by atoms with Crippen molar-refractivity contribution in [3.05, 3.63) is 64.1 Å². The Labute approximate surface area is 201 Å². The molecule has 12 heteroatoms. The van der Waals surface area contributed by atoms with Crippen molar-refractivity contribution in [2.75, 3.05) is 11.2 Å². The summed E-state index contributed by atoms with van der Waals surface area (Å²) in [5.74, 6) is -1.12. The highest BCUT2D eigenvalue weighted by Crippen LogP contribution is 2.29. The average Bonchev–Trinajstić information content (AvgIpc) is 3.21. The van der Waals surface area contributed by atoms with Gasteiger partial charge in [0.25, 0.3) is 0 Å². The summed E-state index contributed by atoms with van der Waals surface area (Å²) in [6, 6.07) is 9.43. The van der Waals surface area contributed by atoms with Gasteiger partial charge in [-0.05, 0) is 60.0 Å². The topological polar surface area (TPSA) is 144 Å². The highest BCUT2D eigenvalue weighted by molar-refractivity contribution is 7.90. The molecule has 1 saturated carbocycles. The fourth-order valence-electron chi connectivity index (χ4n) is 4.37. The molecule has 1 heterocycles. The maximum absolute atomic E-state index is 13.7. The zero-order valence-corrected chi connectivity index (χ0v) is 20.1. The van der Waals surface area contributed by atoms with Gasteiger partial charge in [-0.3, -0.25) is 4.90 Å². The number of amides is 1. The predicted octanol–water partition coefficient (Wildman–Crippen LogP) is 2.65. The lowest BCUT2D eigenvalue weighted by molar-refractivity contribution is 0.0696. The summed E-state index contributed by atoms with van der Waals surface area (Å²) >= 11 is 0. The molecule has 1 aliphatic carbocycles. The minimum Gasteiger partial charge on any atom is -0.478 e. The van der Waals surface area contributed by atoms with E-state index in [2.05, 4.69) is 10.4 Å². The van der Waals surface area contributed by atoms with Gasteiger partial charge in [-0.2, -0.15) is 4.68 Å². The van der Waals surface area contributed by atoms with Crippen molar-refractivity contribution < 1.29 is 23.1 Å². The minimum atomic E-state index is -3.69. The lowest BCUT2D eigenvalue weighted by Gasteiger charge is -2.33. The van der Waals surface area contributed by atoms with Crippen molar-refractivity contribution in [2.24, 2.45) is 0 Å². The molecule has 1 aliphatic rings. The lowest BCUT2D eigenvalue weighted by atomic mass is 9.93. The summed E-state index contributed by atoms with van der Waals surface area (Å²) in [7, 11) is -3.69. The number of benzene rings is 2. The van der Waals surface area contributed by atoms with Crippen molar-refractivity contribution in [3.63, 3.8) is 0 Å². The van der Waals surface area contributed by atoms with Gasteiger partial charge in [-0.15, -0.1) is 4.68 Å². The van der Waals surface area contributed by atoms with Gasteiger partial charge in [0.1, 0.15) is 0 Å². The number of tetrazole rings is 1. The molecule has 0 aliphatic heterocycles. The van der Waals surface area contributed by atoms with E-state index in [0.717, 1.165) is 30.2 Å². The lowest BCUT2D eigenvalue weighted by Crippen LogP contribution is -2.47. The van der Waals surface area contributed by atoms with Crippen molar-refractivity contribution in [1.82, 2.24) is 19.8 Å². The quantitative estimate of drug-likeness (QED) is 0.528. The van der Waals surface area contributed by atoms with Gasteiger partial charge in [-0.1, -0.05) is 37.5 Å². The Hall–Kier alpha value is -3.80. The van der Waals surface area contributed by atoms with Crippen molar-refractivity contribution >= 4 is 27.5 Å². The highest BCUT2D eigenvalue weighted by Gasteiger charge is 2.31. The molecule has 2 aromatic carbocycles. The molecule has 4 rings (SSSR count). The number of aryl methyl sites for hydroxylation is 1. The van der Waals surface area contributed by atoms with E-state index in [4.69, 9.17) is 0 Å². The molecule has 1 fully saturated rings. The second-order valence-corrected chi connectivity index (χ2v) is 10.6. The van der Waals surface area contributed by atoms with Gasteiger partial charge < -0.3 is 5.11 Å². The SMILES string of the molecule is Cc1ccc(N(C(=O)n2nnn(-c3ccccc3S(C)(=O)=O)c2=O)C2CCCCC2)cc1C(=O)O. The van der Waals surface area contributed by atoms with Crippen LogP contribution in [-0.2, 0) is 9.84 Å². The zero-order chi connectivity index (χ0) is 25.3. The number of hydrogen-bond acceptors (Lipinski definition) is 7. The van der Waals surface area contributed by atoms with Crippen molar-refractivity contribution in [2.45, 2.75) is 50.0 Å². The standard InChI is InChI=1S/C23H25N5O6S/c1-15-12-13-17(14-18(15)21(29)30)26(16-8-4-3-5-9-16)22(31)28-23(32)27(24-25-28)19-10-6-7-11-20(19)35(2,33)34/h6-7,10-14,16H,3-5,8-9H2,1-2H3,(H,29,30). The van der Waals surface area contributed by atoms with E-state index in [1.807, 2.05) is 0 Å². The van der Waals surface area contributed by atoms with Crippen LogP contribution in [0.5, 0.6) is 0 Å². The zero-order valence-electron chi connectivity index (χ0n) is 19.3. The number of hydrogen-bond donors (Lipinski definition) is 1. The highest BCUT2D eigenvalue weighted by atomic mass is 32.2. The van der Waals surface area contributed by atoms with E-state index in [1.165, 1.54) is 29.2 Å². The molecule has 0 radical (unpaired) electrons. The van der Waals surface area contributed by atoms with Crippen LogP contribution >= 0.6 is 0 Å². The molecule has 1 aromatic heterocycles. The molecule has 35 heavy (non-hydrogen) atoms. The Kier molecular flexibility index (Phi) is 6.57. The van der Waals surface area contributed by atoms with Crippen LogP contribution < -0.4 is 10.6 Å². The number of sulfone groups is 1. The third-order valence-corrected chi connectivity index (χ3v) is 7.28. The average molecular weight is 500 g/mol. The number of aromatic nitrogens is 4. The van der Waals surface area contributed by atoms with E-state index >= 15 is 0 Å². The number of carbonyl (C=O) groups is 2.